The molecule has 0 unspecified atom stereocenters. The number of anilines is 1. The van der Waals surface area contributed by atoms with Gasteiger partial charge in [-0.25, -0.2) is 0 Å². The highest BCUT2D eigenvalue weighted by molar-refractivity contribution is 5.49. The van der Waals surface area contributed by atoms with E-state index >= 15 is 0 Å². The van der Waals surface area contributed by atoms with Gasteiger partial charge in [-0.05, 0) is 63.9 Å². The quantitative estimate of drug-likeness (QED) is 0.920. The molecule has 1 aromatic carbocycles. The van der Waals surface area contributed by atoms with Crippen LogP contribution in [0.5, 0.6) is 5.75 Å². The van der Waals surface area contributed by atoms with Gasteiger partial charge < -0.3 is 15.0 Å². The summed E-state index contributed by atoms with van der Waals surface area (Å²) in [4.78, 5) is 2.56. The fraction of sp³-hybridized carbons (Fsp3) is 0.667. The first-order chi connectivity index (χ1) is 10.2. The number of nitrogens with zero attached hydrogens (tertiary/aromatic N) is 1. The van der Waals surface area contributed by atoms with Crippen LogP contribution in [-0.4, -0.2) is 31.3 Å². The average Bonchev–Trinajstić information content (AvgIpc) is 2.80. The molecule has 1 saturated heterocycles. The van der Waals surface area contributed by atoms with E-state index in [0.717, 1.165) is 25.4 Å². The van der Waals surface area contributed by atoms with Gasteiger partial charge in [0.05, 0.1) is 6.10 Å². The topological polar surface area (TPSA) is 24.5 Å². The number of rotatable bonds is 3. The molecule has 0 amide bonds. The van der Waals surface area contributed by atoms with Crippen molar-refractivity contribution in [1.82, 2.24) is 5.32 Å². The zero-order valence-electron chi connectivity index (χ0n) is 13.4. The summed E-state index contributed by atoms with van der Waals surface area (Å²) in [6.07, 6.45) is 6.88. The molecule has 1 aliphatic carbocycles. The summed E-state index contributed by atoms with van der Waals surface area (Å²) >= 11 is 0. The lowest BCUT2D eigenvalue weighted by atomic mass is 9.97. The van der Waals surface area contributed by atoms with E-state index in [-0.39, 0.29) is 6.10 Å². The summed E-state index contributed by atoms with van der Waals surface area (Å²) in [5.41, 5.74) is 1.70. The number of hydrogen-bond donors (Lipinski definition) is 1. The second-order valence-electron chi connectivity index (χ2n) is 6.85. The maximum absolute atomic E-state index is 5.74. The lowest BCUT2D eigenvalue weighted by molar-refractivity contribution is 0.242. The molecule has 2 aliphatic rings. The summed E-state index contributed by atoms with van der Waals surface area (Å²) in [5.74, 6) is 0.970. The molecule has 0 atom stereocenters. The highest BCUT2D eigenvalue weighted by Gasteiger charge is 2.36. The standard InChI is InChI=1S/C18H28N2O/c1-15(2)21-17-8-6-16(7-9-17)20-13-5-12-19-18(14-20)10-3-4-11-18/h6-9,15,19H,3-5,10-14H2,1-2H3. The monoisotopic (exact) mass is 288 g/mol. The van der Waals surface area contributed by atoms with Crippen LogP contribution in [0.2, 0.25) is 0 Å². The number of nitrogens with one attached hydrogen (secondary N) is 1. The normalized spacial score (nSPS) is 21.8. The molecule has 3 heteroatoms. The Labute approximate surface area is 128 Å². The predicted octanol–water partition coefficient (Wildman–Crippen LogP) is 3.59. The van der Waals surface area contributed by atoms with Crippen LogP contribution in [0.1, 0.15) is 46.0 Å². The molecule has 2 fully saturated rings. The summed E-state index contributed by atoms with van der Waals surface area (Å²) in [5, 5.41) is 3.83. The minimum absolute atomic E-state index is 0.236. The Kier molecular flexibility index (Phi) is 4.39. The Morgan fingerprint density at radius 1 is 1.10 bits per heavy atom. The van der Waals surface area contributed by atoms with Crippen LogP contribution in [0.4, 0.5) is 5.69 Å². The van der Waals surface area contributed by atoms with Crippen LogP contribution >= 0.6 is 0 Å². The van der Waals surface area contributed by atoms with E-state index in [4.69, 9.17) is 4.74 Å². The van der Waals surface area contributed by atoms with Gasteiger partial charge in [-0.3, -0.25) is 0 Å². The van der Waals surface area contributed by atoms with Crippen molar-refractivity contribution in [1.29, 1.82) is 0 Å². The molecular weight excluding hydrogens is 260 g/mol. The number of ether oxygens (including phenoxy) is 1. The van der Waals surface area contributed by atoms with Gasteiger partial charge in [-0.2, -0.15) is 0 Å². The molecular formula is C18H28N2O. The summed E-state index contributed by atoms with van der Waals surface area (Å²) < 4.78 is 5.74. The van der Waals surface area contributed by atoms with Crippen molar-refractivity contribution >= 4 is 5.69 Å². The van der Waals surface area contributed by atoms with E-state index < -0.39 is 0 Å². The van der Waals surface area contributed by atoms with Crippen molar-refractivity contribution in [2.75, 3.05) is 24.5 Å². The Balaban J connectivity index is 1.72. The third-order valence-corrected chi connectivity index (χ3v) is 4.73. The molecule has 21 heavy (non-hydrogen) atoms. The summed E-state index contributed by atoms with van der Waals surface area (Å²) in [6, 6.07) is 8.64. The van der Waals surface area contributed by atoms with Crippen molar-refractivity contribution < 1.29 is 4.74 Å². The van der Waals surface area contributed by atoms with Crippen LogP contribution in [0.3, 0.4) is 0 Å². The highest BCUT2D eigenvalue weighted by Crippen LogP contribution is 2.33. The molecule has 3 rings (SSSR count). The second kappa shape index (κ2) is 6.27. The van der Waals surface area contributed by atoms with Crippen LogP contribution < -0.4 is 15.0 Å². The van der Waals surface area contributed by atoms with E-state index in [1.807, 2.05) is 0 Å². The van der Waals surface area contributed by atoms with Crippen molar-refractivity contribution in [3.05, 3.63) is 24.3 Å². The number of benzene rings is 1. The van der Waals surface area contributed by atoms with E-state index in [1.54, 1.807) is 0 Å². The van der Waals surface area contributed by atoms with Crippen molar-refractivity contribution in [3.8, 4) is 5.75 Å². The zero-order valence-corrected chi connectivity index (χ0v) is 13.4. The fourth-order valence-electron chi connectivity index (χ4n) is 3.74. The maximum atomic E-state index is 5.74. The summed E-state index contributed by atoms with van der Waals surface area (Å²) in [7, 11) is 0. The minimum Gasteiger partial charge on any atom is -0.491 e. The first-order valence-corrected chi connectivity index (χ1v) is 8.44. The van der Waals surface area contributed by atoms with E-state index in [9.17, 15) is 0 Å². The SMILES string of the molecule is CC(C)Oc1ccc(N2CCCNC3(CCCC3)C2)cc1. The fourth-order valence-corrected chi connectivity index (χ4v) is 3.74. The van der Waals surface area contributed by atoms with Crippen molar-refractivity contribution in [2.24, 2.45) is 0 Å². The molecule has 1 N–H and O–H groups in total. The van der Waals surface area contributed by atoms with Gasteiger partial charge >= 0.3 is 0 Å². The molecule has 1 spiro atoms. The van der Waals surface area contributed by atoms with Crippen LogP contribution in [0.25, 0.3) is 0 Å². The Morgan fingerprint density at radius 2 is 1.81 bits per heavy atom. The number of hydrogen-bond acceptors (Lipinski definition) is 3. The first-order valence-electron chi connectivity index (χ1n) is 8.44. The Bertz CT molecular complexity index is 449. The van der Waals surface area contributed by atoms with Gasteiger partial charge in [0.2, 0.25) is 0 Å². The van der Waals surface area contributed by atoms with Crippen LogP contribution in [0.15, 0.2) is 24.3 Å². The highest BCUT2D eigenvalue weighted by atomic mass is 16.5. The van der Waals surface area contributed by atoms with Crippen molar-refractivity contribution in [2.45, 2.75) is 57.6 Å². The van der Waals surface area contributed by atoms with Crippen LogP contribution in [0, 0.1) is 0 Å². The van der Waals surface area contributed by atoms with E-state index in [2.05, 4.69) is 48.3 Å². The maximum Gasteiger partial charge on any atom is 0.119 e. The molecule has 0 bridgehead atoms. The van der Waals surface area contributed by atoms with Gasteiger partial charge in [0.25, 0.3) is 0 Å². The first kappa shape index (κ1) is 14.7. The smallest absolute Gasteiger partial charge is 0.119 e. The third kappa shape index (κ3) is 3.52. The molecule has 1 aromatic rings. The molecule has 1 saturated carbocycles. The molecule has 0 aromatic heterocycles. The average molecular weight is 288 g/mol. The van der Waals surface area contributed by atoms with Gasteiger partial charge in [-0.1, -0.05) is 12.8 Å². The molecule has 0 radical (unpaired) electrons. The van der Waals surface area contributed by atoms with E-state index in [1.165, 1.54) is 37.8 Å². The zero-order chi connectivity index (χ0) is 14.7. The van der Waals surface area contributed by atoms with Crippen LogP contribution in [-0.2, 0) is 0 Å². The second-order valence-corrected chi connectivity index (χ2v) is 6.85. The predicted molar refractivity (Wildman–Crippen MR) is 88.2 cm³/mol. The van der Waals surface area contributed by atoms with Gasteiger partial charge in [-0.15, -0.1) is 0 Å². The van der Waals surface area contributed by atoms with Gasteiger partial charge in [0.1, 0.15) is 5.75 Å². The molecule has 1 aliphatic heterocycles. The minimum atomic E-state index is 0.236. The Morgan fingerprint density at radius 3 is 2.48 bits per heavy atom. The molecule has 3 nitrogen and oxygen atoms in total. The molecule has 116 valence electrons. The molecule has 1 heterocycles. The lowest BCUT2D eigenvalue weighted by Gasteiger charge is -2.34. The lowest BCUT2D eigenvalue weighted by Crippen LogP contribution is -2.49. The van der Waals surface area contributed by atoms with Gasteiger partial charge in [0, 0.05) is 24.3 Å². The van der Waals surface area contributed by atoms with E-state index in [0.29, 0.717) is 5.54 Å². The Hall–Kier alpha value is -1.22. The largest absolute Gasteiger partial charge is 0.491 e. The third-order valence-electron chi connectivity index (χ3n) is 4.73. The van der Waals surface area contributed by atoms with Gasteiger partial charge in [0.15, 0.2) is 0 Å². The summed E-state index contributed by atoms with van der Waals surface area (Å²) in [6.45, 7) is 7.60. The van der Waals surface area contributed by atoms with Crippen molar-refractivity contribution in [3.63, 3.8) is 0 Å².